The van der Waals surface area contributed by atoms with Gasteiger partial charge in [0.2, 0.25) is 5.43 Å². The number of fused-ring (bicyclic) bond motifs is 3. The first-order chi connectivity index (χ1) is 14.8. The Morgan fingerprint density at radius 3 is 2.71 bits per heavy atom. The van der Waals surface area contributed by atoms with Crippen LogP contribution in [-0.2, 0) is 11.3 Å². The lowest BCUT2D eigenvalue weighted by molar-refractivity contribution is 0.0569. The average Bonchev–Trinajstić information content (AvgIpc) is 3.23. The summed E-state index contributed by atoms with van der Waals surface area (Å²) in [6.07, 6.45) is 1.21. The minimum Gasteiger partial charge on any atom is -0.503 e. The van der Waals surface area contributed by atoms with Gasteiger partial charge in [-0.25, -0.2) is 8.78 Å². The zero-order chi connectivity index (χ0) is 22.4. The lowest BCUT2D eigenvalue weighted by Crippen LogP contribution is -2.51. The first-order valence-corrected chi connectivity index (χ1v) is 9.91. The predicted octanol–water partition coefficient (Wildman–Crippen LogP) is 1.83. The highest BCUT2D eigenvalue weighted by molar-refractivity contribution is 6.30. The van der Waals surface area contributed by atoms with Crippen molar-refractivity contribution >= 4 is 23.4 Å². The predicted molar refractivity (Wildman–Crippen MR) is 105 cm³/mol. The van der Waals surface area contributed by atoms with Gasteiger partial charge in [-0.3, -0.25) is 14.4 Å². The van der Waals surface area contributed by atoms with E-state index in [-0.39, 0.29) is 36.5 Å². The number of ether oxygens (including phenoxy) is 1. The SMILES string of the molecule is CCN1C(=O)c2c(O)c(=O)c(C(=O)NCc3ccc(F)c(Cl)c3F)cn2[C@H]2COC[C@H]21. The number of pyridine rings is 1. The molecular formula is C20H18ClF2N3O5. The van der Waals surface area contributed by atoms with Crippen molar-refractivity contribution in [3.8, 4) is 5.75 Å². The fraction of sp³-hybridized carbons (Fsp3) is 0.350. The summed E-state index contributed by atoms with van der Waals surface area (Å²) in [4.78, 5) is 39.6. The van der Waals surface area contributed by atoms with Crippen molar-refractivity contribution in [3.05, 3.63) is 62.0 Å². The molecule has 0 aliphatic carbocycles. The van der Waals surface area contributed by atoms with Gasteiger partial charge in [-0.15, -0.1) is 0 Å². The molecule has 0 saturated carbocycles. The molecule has 3 heterocycles. The average molecular weight is 454 g/mol. The topological polar surface area (TPSA) is 101 Å². The number of halogens is 3. The zero-order valence-electron chi connectivity index (χ0n) is 16.3. The lowest BCUT2D eigenvalue weighted by Gasteiger charge is -2.38. The third kappa shape index (κ3) is 3.35. The van der Waals surface area contributed by atoms with Crippen LogP contribution in [0.25, 0.3) is 0 Å². The molecule has 0 radical (unpaired) electrons. The van der Waals surface area contributed by atoms with Crippen LogP contribution < -0.4 is 10.7 Å². The Labute approximate surface area is 180 Å². The molecule has 2 atom stereocenters. The Balaban J connectivity index is 1.68. The van der Waals surface area contributed by atoms with Gasteiger partial charge in [0.25, 0.3) is 11.8 Å². The molecule has 31 heavy (non-hydrogen) atoms. The van der Waals surface area contributed by atoms with Gasteiger partial charge in [0, 0.05) is 24.8 Å². The van der Waals surface area contributed by atoms with Gasteiger partial charge in [-0.2, -0.15) is 0 Å². The van der Waals surface area contributed by atoms with E-state index in [1.165, 1.54) is 15.7 Å². The van der Waals surface area contributed by atoms with Crippen LogP contribution in [-0.4, -0.2) is 52.2 Å². The molecule has 4 rings (SSSR count). The lowest BCUT2D eigenvalue weighted by atomic mass is 10.0. The number of aromatic nitrogens is 1. The van der Waals surface area contributed by atoms with Crippen molar-refractivity contribution in [2.45, 2.75) is 25.6 Å². The molecule has 1 saturated heterocycles. The van der Waals surface area contributed by atoms with Gasteiger partial charge >= 0.3 is 0 Å². The number of nitrogens with zero attached hydrogens (tertiary/aromatic N) is 2. The minimum absolute atomic E-state index is 0.0833. The molecule has 2 N–H and O–H groups in total. The molecule has 0 bridgehead atoms. The van der Waals surface area contributed by atoms with Crippen LogP contribution in [0.1, 0.15) is 39.4 Å². The summed E-state index contributed by atoms with van der Waals surface area (Å²) < 4.78 is 34.2. The standard InChI is InChI=1S/C20H18ClF2N3O5/c1-2-25-12-7-31-8-13(12)26-6-10(17(27)18(28)16(26)20(25)30)19(29)24-5-9-3-4-11(22)14(21)15(9)23/h3-4,6,12-13,28H,2,5,7-8H2,1H3,(H,24,29)/t12-,13+/m1/s1. The monoisotopic (exact) mass is 453 g/mol. The van der Waals surface area contributed by atoms with Gasteiger partial charge < -0.3 is 24.6 Å². The van der Waals surface area contributed by atoms with Crippen LogP contribution in [0.2, 0.25) is 5.02 Å². The second-order valence-corrected chi connectivity index (χ2v) is 7.63. The van der Waals surface area contributed by atoms with Gasteiger partial charge in [-0.05, 0) is 13.0 Å². The van der Waals surface area contributed by atoms with Crippen LogP contribution in [0, 0.1) is 11.6 Å². The Kier molecular flexibility index (Phi) is 5.44. The van der Waals surface area contributed by atoms with Crippen molar-refractivity contribution in [2.24, 2.45) is 0 Å². The number of hydrogen-bond acceptors (Lipinski definition) is 5. The number of hydrogen-bond donors (Lipinski definition) is 2. The molecule has 2 aliphatic rings. The van der Waals surface area contributed by atoms with Gasteiger partial charge in [0.15, 0.2) is 11.4 Å². The van der Waals surface area contributed by atoms with Crippen LogP contribution in [0.15, 0.2) is 23.1 Å². The quantitative estimate of drug-likeness (QED) is 0.688. The fourth-order valence-electron chi connectivity index (χ4n) is 3.99. The Hall–Kier alpha value is -2.98. The van der Waals surface area contributed by atoms with Crippen molar-refractivity contribution in [2.75, 3.05) is 19.8 Å². The number of aromatic hydroxyl groups is 1. The van der Waals surface area contributed by atoms with Gasteiger partial charge in [0.05, 0.1) is 25.3 Å². The highest BCUT2D eigenvalue weighted by Crippen LogP contribution is 2.34. The largest absolute Gasteiger partial charge is 0.503 e. The number of nitrogens with one attached hydrogen (secondary N) is 1. The number of likely N-dealkylation sites (N-methyl/N-ethyl adjacent to an activating group) is 1. The smallest absolute Gasteiger partial charge is 0.274 e. The summed E-state index contributed by atoms with van der Waals surface area (Å²) >= 11 is 5.53. The molecule has 1 fully saturated rings. The maximum absolute atomic E-state index is 14.1. The molecular weight excluding hydrogens is 436 g/mol. The number of amides is 2. The van der Waals surface area contributed by atoms with E-state index in [1.54, 1.807) is 6.92 Å². The normalized spacial score (nSPS) is 19.9. The van der Waals surface area contributed by atoms with Crippen molar-refractivity contribution in [3.63, 3.8) is 0 Å². The van der Waals surface area contributed by atoms with E-state index in [1.807, 2.05) is 0 Å². The summed E-state index contributed by atoms with van der Waals surface area (Å²) in [7, 11) is 0. The molecule has 2 aliphatic heterocycles. The molecule has 2 aromatic rings. The summed E-state index contributed by atoms with van der Waals surface area (Å²) in [5.74, 6) is -4.22. The van der Waals surface area contributed by atoms with E-state index in [4.69, 9.17) is 16.3 Å². The van der Waals surface area contributed by atoms with Gasteiger partial charge in [0.1, 0.15) is 22.2 Å². The maximum Gasteiger partial charge on any atom is 0.274 e. The van der Waals surface area contributed by atoms with E-state index in [0.29, 0.717) is 13.2 Å². The number of carbonyl (C=O) groups excluding carboxylic acids is 2. The number of benzene rings is 1. The van der Waals surface area contributed by atoms with Crippen LogP contribution in [0.3, 0.4) is 0 Å². The molecule has 8 nitrogen and oxygen atoms in total. The summed E-state index contributed by atoms with van der Waals surface area (Å²) in [5.41, 5.74) is -1.73. The number of rotatable bonds is 4. The van der Waals surface area contributed by atoms with Crippen LogP contribution in [0.4, 0.5) is 8.78 Å². The Bertz CT molecular complexity index is 1150. The first-order valence-electron chi connectivity index (χ1n) is 9.53. The molecule has 2 amide bonds. The third-order valence-corrected chi connectivity index (χ3v) is 5.94. The van der Waals surface area contributed by atoms with E-state index in [2.05, 4.69) is 5.32 Å². The van der Waals surface area contributed by atoms with Crippen LogP contribution >= 0.6 is 11.6 Å². The van der Waals surface area contributed by atoms with E-state index in [0.717, 1.165) is 12.1 Å². The summed E-state index contributed by atoms with van der Waals surface area (Å²) in [6.45, 7) is 2.31. The summed E-state index contributed by atoms with van der Waals surface area (Å²) in [6, 6.07) is 1.40. The Morgan fingerprint density at radius 2 is 2.00 bits per heavy atom. The third-order valence-electron chi connectivity index (χ3n) is 5.59. The number of carbonyl (C=O) groups is 2. The Morgan fingerprint density at radius 1 is 1.29 bits per heavy atom. The van der Waals surface area contributed by atoms with E-state index >= 15 is 0 Å². The summed E-state index contributed by atoms with van der Waals surface area (Å²) in [5, 5.41) is 12.1. The molecule has 11 heteroatoms. The van der Waals surface area contributed by atoms with E-state index < -0.39 is 45.2 Å². The highest BCUT2D eigenvalue weighted by Gasteiger charge is 2.44. The van der Waals surface area contributed by atoms with Gasteiger partial charge in [-0.1, -0.05) is 17.7 Å². The van der Waals surface area contributed by atoms with Crippen LogP contribution in [0.5, 0.6) is 5.75 Å². The minimum atomic E-state index is -1.02. The first kappa shape index (κ1) is 21.3. The molecule has 0 spiro atoms. The fourth-order valence-corrected chi connectivity index (χ4v) is 4.17. The van der Waals surface area contributed by atoms with Crippen molar-refractivity contribution < 1.29 is 28.2 Å². The van der Waals surface area contributed by atoms with Crippen molar-refractivity contribution in [1.82, 2.24) is 14.8 Å². The molecule has 0 unspecified atom stereocenters. The molecule has 1 aromatic carbocycles. The molecule has 1 aromatic heterocycles. The van der Waals surface area contributed by atoms with Crippen molar-refractivity contribution in [1.29, 1.82) is 0 Å². The highest BCUT2D eigenvalue weighted by atomic mass is 35.5. The maximum atomic E-state index is 14.1. The zero-order valence-corrected chi connectivity index (χ0v) is 17.1. The second kappa shape index (κ2) is 7.93. The molecule has 164 valence electrons. The van der Waals surface area contributed by atoms with E-state index in [9.17, 15) is 28.3 Å². The second-order valence-electron chi connectivity index (χ2n) is 7.26.